The van der Waals surface area contributed by atoms with Crippen molar-refractivity contribution >= 4 is 14.9 Å². The van der Waals surface area contributed by atoms with Gasteiger partial charge < -0.3 is 0 Å². The summed E-state index contributed by atoms with van der Waals surface area (Å²) in [6, 6.07) is 0. The maximum atomic E-state index is 9.01. The molecule has 0 aromatic heterocycles. The van der Waals surface area contributed by atoms with E-state index >= 15 is 0 Å². The molecule has 0 atom stereocenters. The summed E-state index contributed by atoms with van der Waals surface area (Å²) in [6.07, 6.45) is 0. The van der Waals surface area contributed by atoms with Crippen molar-refractivity contribution in [2.75, 3.05) is 0 Å². The van der Waals surface area contributed by atoms with E-state index in [9.17, 15) is 0 Å². The zero-order valence-electron chi connectivity index (χ0n) is 2.12. The molecule has 0 rings (SSSR count). The molecule has 0 aliphatic rings. The Morgan fingerprint density at radius 2 is 1.80 bits per heavy atom. The van der Waals surface area contributed by atoms with Gasteiger partial charge in [-0.1, -0.05) is 0 Å². The number of rotatable bonds is 1. The molecule has 4 nitrogen and oxygen atoms in total. The quantitative estimate of drug-likeness (QED) is 0.297. The fourth-order valence-corrected chi connectivity index (χ4v) is 0. The van der Waals surface area contributed by atoms with Gasteiger partial charge in [-0.3, -0.25) is 0 Å². The van der Waals surface area contributed by atoms with Crippen LogP contribution >= 0.6 is 0 Å². The second kappa shape index (κ2) is 2.32. The first-order valence-corrected chi connectivity index (χ1v) is 3.03. The fourth-order valence-electron chi connectivity index (χ4n) is 0. The molecule has 0 aliphatic heterocycles. The third-order valence-electron chi connectivity index (χ3n) is 0.0667. The summed E-state index contributed by atoms with van der Waals surface area (Å²) in [7, 11) is 0. The van der Waals surface area contributed by atoms with Gasteiger partial charge >= 0.3 is 31.5 Å². The molecule has 0 aromatic carbocycles. The van der Waals surface area contributed by atoms with E-state index < -0.39 is 14.9 Å². The minimum absolute atomic E-state index is 2.78. The van der Waals surface area contributed by atoms with Crippen LogP contribution in [0.25, 0.3) is 0 Å². The Hall–Kier alpha value is 0.0784. The molecular weight excluding hydrogens is 139 g/mol. The molecule has 1 N–H and O–H groups in total. The van der Waals surface area contributed by atoms with Crippen LogP contribution in [0.1, 0.15) is 0 Å². The summed E-state index contributed by atoms with van der Waals surface area (Å²) in [6.45, 7) is 0. The Labute approximate surface area is 32.4 Å². The van der Waals surface area contributed by atoms with Crippen LogP contribution in [-0.4, -0.2) is 20.1 Å². The van der Waals surface area contributed by atoms with Crippen molar-refractivity contribution in [3.05, 3.63) is 0 Å². The van der Waals surface area contributed by atoms with Gasteiger partial charge in [0.05, 0.1) is 0 Å². The molecule has 0 heterocycles. The predicted octanol–water partition coefficient (Wildman–Crippen LogP) is -0.678. The van der Waals surface area contributed by atoms with E-state index in [1.54, 1.807) is 0 Å². The fraction of sp³-hybridized carbons (Fsp3) is 0. The standard InChI is InChI=1S/AsHO4/c2-1(3)5-4/h4H. The third kappa shape index (κ3) is 4.08. The monoisotopic (exact) mass is 140 g/mol. The molecular formula is HAsO4. The Morgan fingerprint density at radius 3 is 1.80 bits per heavy atom. The van der Waals surface area contributed by atoms with Crippen molar-refractivity contribution in [3.8, 4) is 0 Å². The first-order valence-electron chi connectivity index (χ1n) is 0.730. The topological polar surface area (TPSA) is 63.6 Å². The van der Waals surface area contributed by atoms with Crippen LogP contribution in [0, 0.1) is 0 Å². The summed E-state index contributed by atoms with van der Waals surface area (Å²) >= 11 is -3.65. The van der Waals surface area contributed by atoms with Gasteiger partial charge in [0.1, 0.15) is 0 Å². The maximum absolute atomic E-state index is 9.01. The second-order valence-electron chi connectivity index (χ2n) is 0.305. The summed E-state index contributed by atoms with van der Waals surface area (Å²) in [4.78, 5) is 0. The molecule has 30 valence electrons. The molecule has 0 aromatic rings. The van der Waals surface area contributed by atoms with Crippen LogP contribution in [0.5, 0.6) is 0 Å². The van der Waals surface area contributed by atoms with Crippen LogP contribution < -0.4 is 0 Å². The Kier molecular flexibility index (Phi) is 2.36. The van der Waals surface area contributed by atoms with Crippen LogP contribution in [0.4, 0.5) is 0 Å². The van der Waals surface area contributed by atoms with Crippen LogP contribution in [-0.2, 0) is 11.4 Å². The van der Waals surface area contributed by atoms with E-state index in [1.807, 2.05) is 0 Å². The van der Waals surface area contributed by atoms with E-state index in [-0.39, 0.29) is 0 Å². The van der Waals surface area contributed by atoms with Crippen molar-refractivity contribution in [3.63, 3.8) is 0 Å². The average Bonchev–Trinajstić information content (AvgIpc) is 1.38. The minimum atomic E-state index is -3.65. The molecule has 0 bridgehead atoms. The molecule has 0 unspecified atom stereocenters. The van der Waals surface area contributed by atoms with Gasteiger partial charge in [0.15, 0.2) is 0 Å². The van der Waals surface area contributed by atoms with Gasteiger partial charge in [-0.15, -0.1) is 0 Å². The van der Waals surface area contributed by atoms with Gasteiger partial charge in [-0.25, -0.2) is 0 Å². The van der Waals surface area contributed by atoms with Gasteiger partial charge in [0, 0.05) is 0 Å². The SMILES string of the molecule is O=[As](=O)OO. The molecule has 0 fully saturated rings. The van der Waals surface area contributed by atoms with Crippen molar-refractivity contribution < 1.29 is 16.6 Å². The summed E-state index contributed by atoms with van der Waals surface area (Å²) in [5.41, 5.74) is 0. The van der Waals surface area contributed by atoms with E-state index in [2.05, 4.69) is 3.88 Å². The van der Waals surface area contributed by atoms with Gasteiger partial charge in [-0.2, -0.15) is 0 Å². The van der Waals surface area contributed by atoms with Crippen LogP contribution in [0.15, 0.2) is 0 Å². The molecule has 5 heavy (non-hydrogen) atoms. The third-order valence-corrected chi connectivity index (χ3v) is 0.346. The zero-order chi connectivity index (χ0) is 4.28. The van der Waals surface area contributed by atoms with E-state index in [0.717, 1.165) is 0 Å². The molecule has 0 saturated carbocycles. The molecule has 0 saturated heterocycles. The first-order chi connectivity index (χ1) is 2.27. The van der Waals surface area contributed by atoms with Crippen molar-refractivity contribution in [2.24, 2.45) is 0 Å². The number of hydrogen-bond donors (Lipinski definition) is 1. The van der Waals surface area contributed by atoms with Crippen molar-refractivity contribution in [1.82, 2.24) is 0 Å². The summed E-state index contributed by atoms with van der Waals surface area (Å²) < 4.78 is 20.8. The second-order valence-corrected chi connectivity index (χ2v) is 1.59. The molecule has 0 radical (unpaired) electrons. The predicted molar refractivity (Wildman–Crippen MR) is 10.8 cm³/mol. The van der Waals surface area contributed by atoms with Gasteiger partial charge in [-0.05, 0) is 0 Å². The average molecular weight is 140 g/mol. The van der Waals surface area contributed by atoms with Crippen molar-refractivity contribution in [1.29, 1.82) is 0 Å². The summed E-state index contributed by atoms with van der Waals surface area (Å²) in [5.74, 6) is 0. The molecule has 0 aliphatic carbocycles. The Morgan fingerprint density at radius 1 is 1.60 bits per heavy atom. The van der Waals surface area contributed by atoms with Crippen LogP contribution in [0.3, 0.4) is 0 Å². The number of hydrogen-bond acceptors (Lipinski definition) is 4. The Bertz CT molecular complexity index is 61.7. The normalized spacial score (nSPS) is 7.40. The van der Waals surface area contributed by atoms with Gasteiger partial charge in [0.2, 0.25) is 0 Å². The molecule has 0 spiro atoms. The zero-order valence-corrected chi connectivity index (χ0v) is 4.00. The molecule has 0 amide bonds. The summed E-state index contributed by atoms with van der Waals surface area (Å²) in [5, 5.41) is 7.08. The Balaban J connectivity index is 3.23. The first kappa shape index (κ1) is 5.08. The van der Waals surface area contributed by atoms with E-state index in [1.165, 1.54) is 0 Å². The van der Waals surface area contributed by atoms with E-state index in [0.29, 0.717) is 0 Å². The molecule has 5 heteroatoms. The van der Waals surface area contributed by atoms with Crippen molar-refractivity contribution in [2.45, 2.75) is 0 Å². The van der Waals surface area contributed by atoms with E-state index in [4.69, 9.17) is 12.7 Å². The van der Waals surface area contributed by atoms with Gasteiger partial charge in [0.25, 0.3) is 0 Å². The van der Waals surface area contributed by atoms with Crippen LogP contribution in [0.2, 0.25) is 0 Å².